The predicted molar refractivity (Wildman–Crippen MR) is 105 cm³/mol. The van der Waals surface area contributed by atoms with Gasteiger partial charge >= 0.3 is 6.18 Å². The van der Waals surface area contributed by atoms with E-state index >= 15 is 0 Å². The van der Waals surface area contributed by atoms with Gasteiger partial charge in [0.05, 0.1) is 15.3 Å². The number of carbonyl (C=O) groups excluding carboxylic acids is 1. The fraction of sp³-hybridized carbons (Fsp3) is 0.389. The van der Waals surface area contributed by atoms with E-state index in [2.05, 4.69) is 5.32 Å². The van der Waals surface area contributed by atoms with Crippen LogP contribution in [-0.4, -0.2) is 33.5 Å². The van der Waals surface area contributed by atoms with Crippen molar-refractivity contribution >= 4 is 33.0 Å². The van der Waals surface area contributed by atoms with Crippen molar-refractivity contribution in [2.24, 2.45) is 5.14 Å². The number of carbonyl (C=O) groups is 1. The molecular formula is C18H20F3N3O3S2. The molecule has 0 unspecified atom stereocenters. The normalized spacial score (nSPS) is 16.1. The highest BCUT2D eigenvalue weighted by Crippen LogP contribution is 2.36. The van der Waals surface area contributed by atoms with E-state index in [1.54, 1.807) is 11.0 Å². The molecule has 0 atom stereocenters. The third-order valence-electron chi connectivity index (χ3n) is 4.73. The number of anilines is 1. The molecular weight excluding hydrogens is 427 g/mol. The van der Waals surface area contributed by atoms with Crippen molar-refractivity contribution in [1.29, 1.82) is 0 Å². The average molecular weight is 448 g/mol. The summed E-state index contributed by atoms with van der Waals surface area (Å²) in [7, 11) is -4.50. The van der Waals surface area contributed by atoms with Crippen molar-refractivity contribution in [3.63, 3.8) is 0 Å². The fourth-order valence-electron chi connectivity index (χ4n) is 3.28. The lowest BCUT2D eigenvalue weighted by atomic mass is 10.0. The Bertz CT molecular complexity index is 1010. The molecule has 3 N–H and O–H groups in total. The first-order chi connectivity index (χ1) is 13.4. The molecule has 11 heteroatoms. The largest absolute Gasteiger partial charge is 0.417 e. The minimum absolute atomic E-state index is 0.0769. The van der Waals surface area contributed by atoms with E-state index in [-0.39, 0.29) is 17.6 Å². The van der Waals surface area contributed by atoms with Crippen molar-refractivity contribution in [3.8, 4) is 0 Å². The van der Waals surface area contributed by atoms with Crippen LogP contribution in [-0.2, 0) is 16.2 Å². The van der Waals surface area contributed by atoms with Crippen LogP contribution in [0.4, 0.5) is 18.9 Å². The van der Waals surface area contributed by atoms with Crippen LogP contribution in [0.2, 0.25) is 0 Å². The minimum Gasteiger partial charge on any atom is -0.371 e. The third-order valence-corrected chi connectivity index (χ3v) is 6.70. The molecule has 1 saturated heterocycles. The van der Waals surface area contributed by atoms with Crippen molar-refractivity contribution in [1.82, 2.24) is 5.32 Å². The number of thiophene rings is 1. The van der Waals surface area contributed by atoms with Crippen LogP contribution in [0.15, 0.2) is 35.2 Å². The van der Waals surface area contributed by atoms with Crippen LogP contribution in [0.25, 0.3) is 0 Å². The zero-order valence-corrected chi connectivity index (χ0v) is 17.1. The van der Waals surface area contributed by atoms with Crippen LogP contribution in [0, 0.1) is 6.92 Å². The van der Waals surface area contributed by atoms with Gasteiger partial charge in [0.25, 0.3) is 5.91 Å². The molecule has 0 saturated carbocycles. The van der Waals surface area contributed by atoms with Crippen molar-refractivity contribution < 1.29 is 26.4 Å². The summed E-state index contributed by atoms with van der Waals surface area (Å²) < 4.78 is 62.9. The van der Waals surface area contributed by atoms with E-state index in [0.29, 0.717) is 30.8 Å². The van der Waals surface area contributed by atoms with Gasteiger partial charge in [-0.3, -0.25) is 4.79 Å². The first kappa shape index (κ1) is 21.6. The van der Waals surface area contributed by atoms with E-state index < -0.39 is 26.7 Å². The molecule has 2 heterocycles. The molecule has 0 radical (unpaired) electrons. The number of nitrogens with zero attached hydrogens (tertiary/aromatic N) is 1. The van der Waals surface area contributed by atoms with Gasteiger partial charge in [0.15, 0.2) is 0 Å². The van der Waals surface area contributed by atoms with Crippen LogP contribution < -0.4 is 15.4 Å². The Hall–Kier alpha value is -2.11. The van der Waals surface area contributed by atoms with Gasteiger partial charge in [-0.15, -0.1) is 11.3 Å². The zero-order valence-electron chi connectivity index (χ0n) is 15.5. The second kappa shape index (κ2) is 7.96. The standard InChI is InChI=1S/C18H20F3N3O3S2/c1-11-2-4-15(28-11)17(25)23-12-6-8-24(9-7-12)13-3-5-16(29(22,26)27)14(10-13)18(19,20)21/h2-5,10,12H,6-9H2,1H3,(H,23,25)(H2,22,26,27). The first-order valence-corrected chi connectivity index (χ1v) is 11.2. The summed E-state index contributed by atoms with van der Waals surface area (Å²) in [5.41, 5.74) is -1.01. The number of amides is 1. The fourth-order valence-corrected chi connectivity index (χ4v) is 4.79. The molecule has 158 valence electrons. The monoisotopic (exact) mass is 447 g/mol. The topological polar surface area (TPSA) is 92.5 Å². The quantitative estimate of drug-likeness (QED) is 0.753. The Kier molecular flexibility index (Phi) is 5.93. The molecule has 3 rings (SSSR count). The number of sulfonamides is 1. The van der Waals surface area contributed by atoms with Crippen LogP contribution in [0.3, 0.4) is 0 Å². The van der Waals surface area contributed by atoms with Crippen LogP contribution in [0.5, 0.6) is 0 Å². The number of primary sulfonamides is 1. The molecule has 0 aliphatic carbocycles. The lowest BCUT2D eigenvalue weighted by molar-refractivity contribution is -0.139. The van der Waals surface area contributed by atoms with E-state index in [1.165, 1.54) is 17.4 Å². The number of aryl methyl sites for hydroxylation is 1. The first-order valence-electron chi connectivity index (χ1n) is 8.81. The summed E-state index contributed by atoms with van der Waals surface area (Å²) in [5, 5.41) is 7.87. The Morgan fingerprint density at radius 3 is 2.38 bits per heavy atom. The van der Waals surface area contributed by atoms with Gasteiger partial charge in [0, 0.05) is 29.7 Å². The maximum Gasteiger partial charge on any atom is 0.417 e. The van der Waals surface area contributed by atoms with Crippen molar-refractivity contribution in [3.05, 3.63) is 45.6 Å². The Labute approximate surface area is 170 Å². The molecule has 2 aromatic rings. The molecule has 29 heavy (non-hydrogen) atoms. The molecule has 1 aromatic carbocycles. The summed E-state index contributed by atoms with van der Waals surface area (Å²) >= 11 is 1.40. The lowest BCUT2D eigenvalue weighted by Gasteiger charge is -2.34. The van der Waals surface area contributed by atoms with Gasteiger partial charge in [-0.05, 0) is 50.1 Å². The van der Waals surface area contributed by atoms with Gasteiger partial charge in [0.1, 0.15) is 0 Å². The molecule has 1 amide bonds. The highest BCUT2D eigenvalue weighted by atomic mass is 32.2. The number of benzene rings is 1. The molecule has 1 aromatic heterocycles. The smallest absolute Gasteiger partial charge is 0.371 e. The summed E-state index contributed by atoms with van der Waals surface area (Å²) in [5.74, 6) is -0.154. The number of hydrogen-bond acceptors (Lipinski definition) is 5. The van der Waals surface area contributed by atoms with Crippen LogP contribution >= 0.6 is 11.3 Å². The highest BCUT2D eigenvalue weighted by Gasteiger charge is 2.37. The SMILES string of the molecule is Cc1ccc(C(=O)NC2CCN(c3ccc(S(N)(=O)=O)c(C(F)(F)F)c3)CC2)s1. The van der Waals surface area contributed by atoms with E-state index in [4.69, 9.17) is 5.14 Å². The zero-order chi connectivity index (χ0) is 21.4. The predicted octanol–water partition coefficient (Wildman–Crippen LogP) is 3.12. The summed E-state index contributed by atoms with van der Waals surface area (Å²) in [6.45, 7) is 2.77. The van der Waals surface area contributed by atoms with E-state index in [1.807, 2.05) is 13.0 Å². The van der Waals surface area contributed by atoms with Crippen molar-refractivity contribution in [2.75, 3.05) is 18.0 Å². The summed E-state index contributed by atoms with van der Waals surface area (Å²) in [4.78, 5) is 14.7. The lowest BCUT2D eigenvalue weighted by Crippen LogP contribution is -2.44. The maximum absolute atomic E-state index is 13.3. The number of nitrogens with one attached hydrogen (secondary N) is 1. The number of hydrogen-bond donors (Lipinski definition) is 2. The van der Waals surface area contributed by atoms with Gasteiger partial charge in [-0.25, -0.2) is 13.6 Å². The second-order valence-corrected chi connectivity index (χ2v) is 9.69. The van der Waals surface area contributed by atoms with Crippen LogP contribution in [0.1, 0.15) is 33.0 Å². The Morgan fingerprint density at radius 2 is 1.86 bits per heavy atom. The number of alkyl halides is 3. The van der Waals surface area contributed by atoms with E-state index in [9.17, 15) is 26.4 Å². The maximum atomic E-state index is 13.3. The van der Waals surface area contributed by atoms with Gasteiger partial charge < -0.3 is 10.2 Å². The molecule has 0 spiro atoms. The Morgan fingerprint density at radius 1 is 1.21 bits per heavy atom. The molecule has 0 bridgehead atoms. The number of rotatable bonds is 4. The van der Waals surface area contributed by atoms with Gasteiger partial charge in [-0.2, -0.15) is 13.2 Å². The summed E-state index contributed by atoms with van der Waals surface area (Å²) in [6, 6.07) is 6.57. The second-order valence-electron chi connectivity index (χ2n) is 6.87. The average Bonchev–Trinajstić information content (AvgIpc) is 3.07. The number of piperidine rings is 1. The summed E-state index contributed by atoms with van der Waals surface area (Å²) in [6.07, 6.45) is -3.72. The highest BCUT2D eigenvalue weighted by molar-refractivity contribution is 7.89. The van der Waals surface area contributed by atoms with Gasteiger partial charge in [0.2, 0.25) is 10.0 Å². The molecule has 1 aliphatic heterocycles. The molecule has 1 aliphatic rings. The number of halogens is 3. The van der Waals surface area contributed by atoms with Crippen molar-refractivity contribution in [2.45, 2.75) is 36.9 Å². The molecule has 1 fully saturated rings. The minimum atomic E-state index is -4.84. The van der Waals surface area contributed by atoms with Gasteiger partial charge in [-0.1, -0.05) is 0 Å². The third kappa shape index (κ3) is 5.09. The van der Waals surface area contributed by atoms with E-state index in [0.717, 1.165) is 17.0 Å². The number of nitrogens with two attached hydrogens (primary N) is 1. The molecule has 6 nitrogen and oxygen atoms in total. The Balaban J connectivity index is 1.70.